The summed E-state index contributed by atoms with van der Waals surface area (Å²) in [5.41, 5.74) is 17.7. The Morgan fingerprint density at radius 2 is 1.72 bits per heavy atom. The van der Waals surface area contributed by atoms with Gasteiger partial charge in [0.25, 0.3) is 0 Å². The Labute approximate surface area is 143 Å². The molecule has 8 heteroatoms. The molecule has 3 aromatic rings. The first-order valence-electron chi connectivity index (χ1n) is 7.04. The molecule has 0 spiro atoms. The lowest BCUT2D eigenvalue weighted by Gasteiger charge is -2.05. The number of benzene rings is 2. The van der Waals surface area contributed by atoms with Crippen LogP contribution in [0.3, 0.4) is 0 Å². The maximum atomic E-state index is 13.6. The quantitative estimate of drug-likeness (QED) is 0.497. The molecular formula is C17H15FN6O. The standard InChI is InChI=1S/C10H9FN4O.C7H6N2/c11-7-8(14-10(13)15-9(7)12)5-2-1-3-6(16)4-5;8-5-6-2-1-3-7(9)4-6/h1-4,16H,(H4,12,13,14,15);1-4H,9H2. The lowest BCUT2D eigenvalue weighted by Crippen LogP contribution is -2.04. The van der Waals surface area contributed by atoms with E-state index in [2.05, 4.69) is 9.97 Å². The van der Waals surface area contributed by atoms with Gasteiger partial charge in [-0.25, -0.2) is 9.37 Å². The molecule has 0 saturated heterocycles. The smallest absolute Gasteiger partial charge is 0.222 e. The average Bonchev–Trinajstić information content (AvgIpc) is 2.58. The second kappa shape index (κ2) is 7.61. The van der Waals surface area contributed by atoms with Crippen molar-refractivity contribution in [2.45, 2.75) is 0 Å². The molecule has 0 bridgehead atoms. The van der Waals surface area contributed by atoms with Crippen molar-refractivity contribution in [3.63, 3.8) is 0 Å². The summed E-state index contributed by atoms with van der Waals surface area (Å²) in [6, 6.07) is 14.8. The van der Waals surface area contributed by atoms with Gasteiger partial charge in [0, 0.05) is 11.3 Å². The molecule has 126 valence electrons. The maximum absolute atomic E-state index is 13.6. The van der Waals surface area contributed by atoms with Crippen LogP contribution < -0.4 is 17.2 Å². The first-order valence-corrected chi connectivity index (χ1v) is 7.04. The van der Waals surface area contributed by atoms with Gasteiger partial charge in [-0.05, 0) is 30.3 Å². The Morgan fingerprint density at radius 3 is 2.32 bits per heavy atom. The summed E-state index contributed by atoms with van der Waals surface area (Å²) >= 11 is 0. The molecule has 0 unspecified atom stereocenters. The van der Waals surface area contributed by atoms with E-state index in [0.717, 1.165) is 0 Å². The van der Waals surface area contributed by atoms with E-state index < -0.39 is 5.82 Å². The van der Waals surface area contributed by atoms with Crippen LogP contribution >= 0.6 is 0 Å². The summed E-state index contributed by atoms with van der Waals surface area (Å²) in [7, 11) is 0. The second-order valence-corrected chi connectivity index (χ2v) is 4.92. The SMILES string of the molecule is N#Cc1cccc(N)c1.Nc1nc(N)c(F)c(-c2cccc(O)c2)n1. The van der Waals surface area contributed by atoms with Crippen LogP contribution in [0.1, 0.15) is 5.56 Å². The van der Waals surface area contributed by atoms with Crippen LogP contribution in [-0.2, 0) is 0 Å². The van der Waals surface area contributed by atoms with Crippen LogP contribution in [0.4, 0.5) is 21.8 Å². The molecule has 0 aliphatic rings. The van der Waals surface area contributed by atoms with E-state index in [0.29, 0.717) is 16.8 Å². The van der Waals surface area contributed by atoms with Crippen molar-refractivity contribution in [1.82, 2.24) is 9.97 Å². The fourth-order valence-corrected chi connectivity index (χ4v) is 1.94. The van der Waals surface area contributed by atoms with Gasteiger partial charge in [-0.1, -0.05) is 18.2 Å². The highest BCUT2D eigenvalue weighted by atomic mass is 19.1. The summed E-state index contributed by atoms with van der Waals surface area (Å²) in [5.74, 6) is -1.17. The first-order chi connectivity index (χ1) is 11.9. The number of nitrogens with two attached hydrogens (primary N) is 3. The molecule has 7 N–H and O–H groups in total. The van der Waals surface area contributed by atoms with E-state index in [9.17, 15) is 9.50 Å². The monoisotopic (exact) mass is 338 g/mol. The molecule has 1 heterocycles. The first kappa shape index (κ1) is 17.5. The van der Waals surface area contributed by atoms with E-state index in [1.54, 1.807) is 36.4 Å². The van der Waals surface area contributed by atoms with E-state index in [1.165, 1.54) is 12.1 Å². The summed E-state index contributed by atoms with van der Waals surface area (Å²) < 4.78 is 13.6. The number of anilines is 3. The third-order valence-electron chi connectivity index (χ3n) is 3.03. The zero-order valence-electron chi connectivity index (χ0n) is 13.0. The van der Waals surface area contributed by atoms with Crippen LogP contribution in [0.25, 0.3) is 11.3 Å². The van der Waals surface area contributed by atoms with Gasteiger partial charge in [0.15, 0.2) is 11.6 Å². The zero-order chi connectivity index (χ0) is 18.4. The number of nitriles is 1. The second-order valence-electron chi connectivity index (χ2n) is 4.92. The van der Waals surface area contributed by atoms with Crippen LogP contribution in [0.2, 0.25) is 0 Å². The number of aromatic nitrogens is 2. The molecular weight excluding hydrogens is 323 g/mol. The minimum atomic E-state index is -0.750. The average molecular weight is 338 g/mol. The van der Waals surface area contributed by atoms with Gasteiger partial charge < -0.3 is 22.3 Å². The van der Waals surface area contributed by atoms with Crippen LogP contribution in [0.5, 0.6) is 5.75 Å². The van der Waals surface area contributed by atoms with Gasteiger partial charge in [-0.3, -0.25) is 0 Å². The third-order valence-corrected chi connectivity index (χ3v) is 3.03. The maximum Gasteiger partial charge on any atom is 0.222 e. The highest BCUT2D eigenvalue weighted by Gasteiger charge is 2.13. The van der Waals surface area contributed by atoms with Crippen molar-refractivity contribution in [3.8, 4) is 23.1 Å². The zero-order valence-corrected chi connectivity index (χ0v) is 13.0. The predicted octanol–water partition coefficient (Wildman–Crippen LogP) is 2.29. The van der Waals surface area contributed by atoms with E-state index >= 15 is 0 Å². The predicted molar refractivity (Wildman–Crippen MR) is 93.5 cm³/mol. The Bertz CT molecular complexity index is 939. The Morgan fingerprint density at radius 1 is 1.00 bits per heavy atom. The normalized spacial score (nSPS) is 9.60. The van der Waals surface area contributed by atoms with Crippen LogP contribution in [-0.4, -0.2) is 15.1 Å². The third kappa shape index (κ3) is 4.56. The molecule has 0 radical (unpaired) electrons. The summed E-state index contributed by atoms with van der Waals surface area (Å²) in [6.07, 6.45) is 0. The number of phenolic OH excluding ortho intramolecular Hbond substituents is 1. The molecule has 3 rings (SSSR count). The van der Waals surface area contributed by atoms with Crippen molar-refractivity contribution in [2.75, 3.05) is 17.2 Å². The van der Waals surface area contributed by atoms with Crippen LogP contribution in [0.15, 0.2) is 48.5 Å². The minimum Gasteiger partial charge on any atom is -0.508 e. The van der Waals surface area contributed by atoms with Gasteiger partial charge >= 0.3 is 0 Å². The van der Waals surface area contributed by atoms with E-state index in [1.807, 2.05) is 6.07 Å². The molecule has 2 aromatic carbocycles. The Kier molecular flexibility index (Phi) is 5.32. The molecule has 0 atom stereocenters. The number of hydrogen-bond acceptors (Lipinski definition) is 7. The number of nitrogens with zero attached hydrogens (tertiary/aromatic N) is 3. The molecule has 7 nitrogen and oxygen atoms in total. The van der Waals surface area contributed by atoms with Crippen molar-refractivity contribution in [1.29, 1.82) is 5.26 Å². The van der Waals surface area contributed by atoms with Gasteiger partial charge in [-0.15, -0.1) is 0 Å². The van der Waals surface area contributed by atoms with Crippen molar-refractivity contribution in [2.24, 2.45) is 0 Å². The summed E-state index contributed by atoms with van der Waals surface area (Å²) in [5, 5.41) is 17.6. The number of hydrogen-bond donors (Lipinski definition) is 4. The fraction of sp³-hybridized carbons (Fsp3) is 0. The largest absolute Gasteiger partial charge is 0.508 e. The van der Waals surface area contributed by atoms with Gasteiger partial charge in [0.05, 0.1) is 11.6 Å². The summed E-state index contributed by atoms with van der Waals surface area (Å²) in [6.45, 7) is 0. The van der Waals surface area contributed by atoms with Crippen molar-refractivity contribution >= 4 is 17.5 Å². The van der Waals surface area contributed by atoms with Crippen LogP contribution in [0, 0.1) is 17.1 Å². The van der Waals surface area contributed by atoms with Gasteiger partial charge in [-0.2, -0.15) is 10.2 Å². The Balaban J connectivity index is 0.000000212. The van der Waals surface area contributed by atoms with Crippen molar-refractivity contribution in [3.05, 3.63) is 59.9 Å². The Hall–Kier alpha value is -3.86. The minimum absolute atomic E-state index is 0.00709. The van der Waals surface area contributed by atoms with Crippen molar-refractivity contribution < 1.29 is 9.50 Å². The highest BCUT2D eigenvalue weighted by molar-refractivity contribution is 5.65. The van der Waals surface area contributed by atoms with Gasteiger partial charge in [0.2, 0.25) is 5.95 Å². The molecule has 0 amide bonds. The molecule has 0 fully saturated rings. The number of halogens is 1. The number of phenols is 1. The molecule has 0 saturated carbocycles. The number of nitrogen functional groups attached to an aromatic ring is 3. The van der Waals surface area contributed by atoms with E-state index in [-0.39, 0.29) is 23.2 Å². The number of rotatable bonds is 1. The fourth-order valence-electron chi connectivity index (χ4n) is 1.94. The highest BCUT2D eigenvalue weighted by Crippen LogP contribution is 2.26. The summed E-state index contributed by atoms with van der Waals surface area (Å²) in [4.78, 5) is 7.23. The molecule has 25 heavy (non-hydrogen) atoms. The van der Waals surface area contributed by atoms with E-state index in [4.69, 9.17) is 22.5 Å². The number of aromatic hydroxyl groups is 1. The van der Waals surface area contributed by atoms with Gasteiger partial charge in [0.1, 0.15) is 11.4 Å². The molecule has 1 aromatic heterocycles. The lowest BCUT2D eigenvalue weighted by molar-refractivity contribution is 0.475. The molecule has 0 aliphatic heterocycles. The topological polar surface area (TPSA) is 148 Å². The molecule has 0 aliphatic carbocycles. The lowest BCUT2D eigenvalue weighted by atomic mass is 10.1.